The summed E-state index contributed by atoms with van der Waals surface area (Å²) < 4.78 is 0. The summed E-state index contributed by atoms with van der Waals surface area (Å²) >= 11 is 0. The molecule has 0 bridgehead atoms. The number of benzene rings is 1. The fourth-order valence-corrected chi connectivity index (χ4v) is 1.56. The molecule has 0 aliphatic heterocycles. The van der Waals surface area contributed by atoms with E-state index < -0.39 is 0 Å². The van der Waals surface area contributed by atoms with Crippen LogP contribution in [0.1, 0.15) is 19.5 Å². The zero-order valence-corrected chi connectivity index (χ0v) is 10.6. The summed E-state index contributed by atoms with van der Waals surface area (Å²) in [7, 11) is 0. The molecular weight excluding hydrogens is 224 g/mol. The number of terminal acetylenes is 1. The molecule has 0 unspecified atom stereocenters. The lowest BCUT2D eigenvalue weighted by Crippen LogP contribution is -2.37. The Labute approximate surface area is 107 Å². The van der Waals surface area contributed by atoms with Crippen LogP contribution in [0.25, 0.3) is 11.3 Å². The first-order valence-electron chi connectivity index (χ1n) is 5.80. The van der Waals surface area contributed by atoms with E-state index in [1.807, 2.05) is 44.2 Å². The van der Waals surface area contributed by atoms with Crippen LogP contribution in [-0.2, 0) is 6.54 Å². The van der Waals surface area contributed by atoms with Gasteiger partial charge in [-0.3, -0.25) is 5.32 Å². The average molecular weight is 240 g/mol. The fraction of sp³-hybridized carbons (Fsp3) is 0.286. The lowest BCUT2D eigenvalue weighted by atomic mass is 10.1. The average Bonchev–Trinajstić information content (AvgIpc) is 2.86. The minimum atomic E-state index is -0.354. The van der Waals surface area contributed by atoms with E-state index in [4.69, 9.17) is 6.42 Å². The van der Waals surface area contributed by atoms with Crippen LogP contribution >= 0.6 is 0 Å². The van der Waals surface area contributed by atoms with E-state index in [2.05, 4.69) is 26.6 Å². The van der Waals surface area contributed by atoms with E-state index in [-0.39, 0.29) is 5.54 Å². The summed E-state index contributed by atoms with van der Waals surface area (Å²) in [6, 6.07) is 9.95. The third-order valence-electron chi connectivity index (χ3n) is 2.73. The molecule has 4 heteroatoms. The maximum Gasteiger partial charge on any atom is 0.117 e. The maximum atomic E-state index is 5.44. The highest BCUT2D eigenvalue weighted by Crippen LogP contribution is 2.19. The molecule has 0 fully saturated rings. The lowest BCUT2D eigenvalue weighted by molar-refractivity contribution is 0.486. The van der Waals surface area contributed by atoms with Crippen molar-refractivity contribution in [2.45, 2.75) is 25.9 Å². The van der Waals surface area contributed by atoms with Crippen molar-refractivity contribution >= 4 is 0 Å². The molecule has 1 heterocycles. The van der Waals surface area contributed by atoms with Crippen LogP contribution < -0.4 is 5.32 Å². The zero-order chi connectivity index (χ0) is 13.0. The molecule has 1 aromatic carbocycles. The van der Waals surface area contributed by atoms with Crippen LogP contribution in [0.15, 0.2) is 30.3 Å². The van der Waals surface area contributed by atoms with Crippen molar-refractivity contribution < 1.29 is 0 Å². The number of nitrogens with zero attached hydrogens (tertiary/aromatic N) is 2. The lowest BCUT2D eigenvalue weighted by Gasteiger charge is -2.18. The number of hydrogen-bond donors (Lipinski definition) is 2. The van der Waals surface area contributed by atoms with Gasteiger partial charge in [-0.2, -0.15) is 15.4 Å². The smallest absolute Gasteiger partial charge is 0.117 e. The summed E-state index contributed by atoms with van der Waals surface area (Å²) in [4.78, 5) is 0. The van der Waals surface area contributed by atoms with E-state index in [1.165, 1.54) is 0 Å². The second kappa shape index (κ2) is 5.03. The van der Waals surface area contributed by atoms with Crippen molar-refractivity contribution in [2.24, 2.45) is 0 Å². The summed E-state index contributed by atoms with van der Waals surface area (Å²) in [5.41, 5.74) is 2.41. The number of rotatable bonds is 4. The van der Waals surface area contributed by atoms with Gasteiger partial charge in [-0.15, -0.1) is 6.42 Å². The normalized spacial score (nSPS) is 11.2. The van der Waals surface area contributed by atoms with Crippen LogP contribution in [0.4, 0.5) is 0 Å². The Bertz CT molecular complexity index is 549. The van der Waals surface area contributed by atoms with Crippen LogP contribution in [0, 0.1) is 12.3 Å². The number of nitrogens with one attached hydrogen (secondary N) is 2. The minimum Gasteiger partial charge on any atom is -0.296 e. The van der Waals surface area contributed by atoms with Gasteiger partial charge in [-0.1, -0.05) is 36.3 Å². The number of aromatic amines is 1. The van der Waals surface area contributed by atoms with Gasteiger partial charge in [-0.25, -0.2) is 0 Å². The first-order valence-corrected chi connectivity index (χ1v) is 5.80. The van der Waals surface area contributed by atoms with Gasteiger partial charge in [0.15, 0.2) is 0 Å². The predicted molar refractivity (Wildman–Crippen MR) is 71.6 cm³/mol. The van der Waals surface area contributed by atoms with Crippen LogP contribution in [0.2, 0.25) is 0 Å². The van der Waals surface area contributed by atoms with Crippen molar-refractivity contribution in [1.29, 1.82) is 0 Å². The summed E-state index contributed by atoms with van der Waals surface area (Å²) in [6.07, 6.45) is 5.44. The second-order valence-electron chi connectivity index (χ2n) is 4.61. The third-order valence-corrected chi connectivity index (χ3v) is 2.73. The van der Waals surface area contributed by atoms with Gasteiger partial charge in [0.1, 0.15) is 11.4 Å². The summed E-state index contributed by atoms with van der Waals surface area (Å²) in [6.45, 7) is 4.49. The minimum absolute atomic E-state index is 0.354. The van der Waals surface area contributed by atoms with Crippen molar-refractivity contribution in [3.63, 3.8) is 0 Å². The molecular formula is C14H16N4. The van der Waals surface area contributed by atoms with E-state index >= 15 is 0 Å². The van der Waals surface area contributed by atoms with Gasteiger partial charge < -0.3 is 0 Å². The van der Waals surface area contributed by atoms with Crippen molar-refractivity contribution in [2.75, 3.05) is 0 Å². The summed E-state index contributed by atoms with van der Waals surface area (Å²) in [5, 5.41) is 14.3. The molecule has 0 saturated carbocycles. The Morgan fingerprint density at radius 1 is 1.28 bits per heavy atom. The molecule has 0 aliphatic carbocycles. The van der Waals surface area contributed by atoms with Gasteiger partial charge in [0.2, 0.25) is 0 Å². The Morgan fingerprint density at radius 2 is 2.00 bits per heavy atom. The molecule has 1 aromatic heterocycles. The van der Waals surface area contributed by atoms with Gasteiger partial charge in [-0.05, 0) is 13.8 Å². The van der Waals surface area contributed by atoms with Crippen LogP contribution in [0.5, 0.6) is 0 Å². The molecule has 92 valence electrons. The Morgan fingerprint density at radius 3 is 2.67 bits per heavy atom. The zero-order valence-electron chi connectivity index (χ0n) is 10.6. The highest BCUT2D eigenvalue weighted by atomic mass is 15.3. The highest BCUT2D eigenvalue weighted by molar-refractivity contribution is 5.60. The molecule has 0 amide bonds. The van der Waals surface area contributed by atoms with E-state index in [0.717, 1.165) is 17.0 Å². The monoisotopic (exact) mass is 240 g/mol. The molecule has 0 atom stereocenters. The Kier molecular flexibility index (Phi) is 3.45. The SMILES string of the molecule is C#CC(C)(C)NCc1n[nH]nc1-c1ccccc1. The van der Waals surface area contributed by atoms with E-state index in [1.54, 1.807) is 0 Å². The fourth-order valence-electron chi connectivity index (χ4n) is 1.56. The quantitative estimate of drug-likeness (QED) is 0.803. The molecule has 4 nitrogen and oxygen atoms in total. The highest BCUT2D eigenvalue weighted by Gasteiger charge is 2.16. The van der Waals surface area contributed by atoms with Gasteiger partial charge >= 0.3 is 0 Å². The van der Waals surface area contributed by atoms with Crippen molar-refractivity contribution in [3.05, 3.63) is 36.0 Å². The Balaban J connectivity index is 2.17. The predicted octanol–water partition coefficient (Wildman–Crippen LogP) is 1.97. The van der Waals surface area contributed by atoms with E-state index in [0.29, 0.717) is 6.54 Å². The van der Waals surface area contributed by atoms with Gasteiger partial charge in [0.05, 0.1) is 5.54 Å². The topological polar surface area (TPSA) is 53.6 Å². The van der Waals surface area contributed by atoms with Crippen LogP contribution in [0.3, 0.4) is 0 Å². The third kappa shape index (κ3) is 2.76. The summed E-state index contributed by atoms with van der Waals surface area (Å²) in [5.74, 6) is 2.69. The van der Waals surface area contributed by atoms with Crippen molar-refractivity contribution in [3.8, 4) is 23.6 Å². The largest absolute Gasteiger partial charge is 0.296 e. The first kappa shape index (κ1) is 12.3. The van der Waals surface area contributed by atoms with Crippen LogP contribution in [-0.4, -0.2) is 20.9 Å². The van der Waals surface area contributed by atoms with E-state index in [9.17, 15) is 0 Å². The molecule has 2 rings (SSSR count). The molecule has 0 spiro atoms. The second-order valence-corrected chi connectivity index (χ2v) is 4.61. The molecule has 0 saturated heterocycles. The molecule has 18 heavy (non-hydrogen) atoms. The number of hydrogen-bond acceptors (Lipinski definition) is 3. The molecule has 2 N–H and O–H groups in total. The first-order chi connectivity index (χ1) is 8.62. The molecule has 0 radical (unpaired) electrons. The standard InChI is InChI=1S/C14H16N4/c1-4-14(2,3)15-10-12-13(17-18-16-12)11-8-6-5-7-9-11/h1,5-9,15H,10H2,2-3H3,(H,16,17,18). The number of H-pyrrole nitrogens is 1. The Hall–Kier alpha value is -2.12. The van der Waals surface area contributed by atoms with Gasteiger partial charge in [0, 0.05) is 12.1 Å². The maximum absolute atomic E-state index is 5.44. The molecule has 0 aliphatic rings. The number of aromatic nitrogens is 3. The van der Waals surface area contributed by atoms with Crippen molar-refractivity contribution in [1.82, 2.24) is 20.7 Å². The van der Waals surface area contributed by atoms with Gasteiger partial charge in [0.25, 0.3) is 0 Å². The molecule has 2 aromatic rings.